The van der Waals surface area contributed by atoms with Gasteiger partial charge in [-0.15, -0.1) is 37.7 Å². The summed E-state index contributed by atoms with van der Waals surface area (Å²) in [6.45, 7) is 11.2. The van der Waals surface area contributed by atoms with Crippen LogP contribution in [0.4, 0.5) is 0 Å². The molecule has 0 saturated heterocycles. The van der Waals surface area contributed by atoms with Crippen molar-refractivity contribution in [1.29, 1.82) is 0 Å². The van der Waals surface area contributed by atoms with Crippen LogP contribution in [0.2, 0.25) is 13.1 Å². The van der Waals surface area contributed by atoms with E-state index in [4.69, 9.17) is 0 Å². The molecular weight excluding hydrogens is 363 g/mol. The second-order valence-corrected chi connectivity index (χ2v) is 11.7. The molecule has 0 atom stereocenters. The SMILES string of the molecule is CCC1=[C-]CC(CC)=C1CC.C[Si](C)=[Ti+2].Cl.Cl.[C-]1=CC=CC1. The normalized spacial score (nSPS) is 14.0. The predicted octanol–water partition coefficient (Wildman–Crippen LogP) is 6.58. The minimum absolute atomic E-state index is 0. The average Bonchev–Trinajstić information content (AvgIpc) is 3.09. The molecule has 22 heavy (non-hydrogen) atoms. The van der Waals surface area contributed by atoms with Crippen molar-refractivity contribution in [2.45, 2.75) is 66.0 Å². The minimum Gasteiger partial charge on any atom is -0.273 e. The molecule has 0 aliphatic heterocycles. The molecule has 0 unspecified atom stereocenters. The Labute approximate surface area is 162 Å². The Morgan fingerprint density at radius 2 is 1.68 bits per heavy atom. The Hall–Kier alpha value is 0.471. The Balaban J connectivity index is -0.000000278. The van der Waals surface area contributed by atoms with E-state index in [1.807, 2.05) is 12.2 Å². The maximum absolute atomic E-state index is 3.45. The van der Waals surface area contributed by atoms with Crippen molar-refractivity contribution in [1.82, 2.24) is 0 Å². The number of allylic oxidation sites excluding steroid dienone is 8. The maximum atomic E-state index is 3.45. The molecule has 0 amide bonds. The summed E-state index contributed by atoms with van der Waals surface area (Å²) in [6.07, 6.45) is 18.2. The number of rotatable bonds is 3. The van der Waals surface area contributed by atoms with Gasteiger partial charge in [0.05, 0.1) is 0 Å². The summed E-state index contributed by atoms with van der Waals surface area (Å²) in [4.78, 5) is 0. The van der Waals surface area contributed by atoms with Gasteiger partial charge in [-0.05, 0) is 0 Å². The second-order valence-electron chi connectivity index (χ2n) is 4.98. The van der Waals surface area contributed by atoms with Gasteiger partial charge in [0.15, 0.2) is 0 Å². The molecule has 0 bridgehead atoms. The molecule has 0 spiro atoms. The van der Waals surface area contributed by atoms with E-state index >= 15 is 0 Å². The molecule has 0 fully saturated rings. The van der Waals surface area contributed by atoms with Gasteiger partial charge in [0.1, 0.15) is 0 Å². The van der Waals surface area contributed by atoms with Gasteiger partial charge in [-0.25, -0.2) is 17.7 Å². The van der Waals surface area contributed by atoms with E-state index in [1.165, 1.54) is 18.4 Å². The zero-order valence-corrected chi connectivity index (χ0v) is 18.8. The van der Waals surface area contributed by atoms with Crippen LogP contribution in [0.3, 0.4) is 0 Å². The first-order chi connectivity index (χ1) is 9.56. The predicted molar refractivity (Wildman–Crippen MR) is 103 cm³/mol. The fraction of sp³-hybridized carbons (Fsp3) is 0.556. The van der Waals surface area contributed by atoms with Crippen LogP contribution < -0.4 is 0 Å². The summed E-state index contributed by atoms with van der Waals surface area (Å²) >= 11 is 2.27. The van der Waals surface area contributed by atoms with E-state index in [-0.39, 0.29) is 31.0 Å². The van der Waals surface area contributed by atoms with E-state index in [2.05, 4.69) is 71.3 Å². The second kappa shape index (κ2) is 17.8. The van der Waals surface area contributed by atoms with Crippen LogP contribution >= 0.6 is 24.8 Å². The molecule has 2 rings (SSSR count). The first-order valence-electron chi connectivity index (χ1n) is 7.61. The summed E-state index contributed by atoms with van der Waals surface area (Å²) in [6, 6.07) is 0. The molecule has 2 aliphatic carbocycles. The Morgan fingerprint density at radius 3 is 1.95 bits per heavy atom. The molecule has 124 valence electrons. The van der Waals surface area contributed by atoms with Gasteiger partial charge < -0.3 is 0 Å². The van der Waals surface area contributed by atoms with E-state index in [1.54, 1.807) is 11.1 Å². The molecular formula is C18H30Cl2SiTi. The van der Waals surface area contributed by atoms with Crippen LogP contribution in [-0.2, 0) is 19.2 Å². The molecule has 0 radical (unpaired) electrons. The van der Waals surface area contributed by atoms with Gasteiger partial charge in [0, 0.05) is 0 Å². The average molecular weight is 393 g/mol. The Kier molecular flexibility index (Phi) is 22.1. The number of halogens is 2. The first-order valence-corrected chi connectivity index (χ1v) is 12.4. The first kappa shape index (κ1) is 27.3. The van der Waals surface area contributed by atoms with Gasteiger partial charge in [0.2, 0.25) is 0 Å². The van der Waals surface area contributed by atoms with Gasteiger partial charge in [0.25, 0.3) is 0 Å². The van der Waals surface area contributed by atoms with Crippen LogP contribution in [0.25, 0.3) is 0 Å². The Bertz CT molecular complexity index is 407. The van der Waals surface area contributed by atoms with Crippen molar-refractivity contribution < 1.29 is 19.2 Å². The van der Waals surface area contributed by atoms with Crippen LogP contribution in [0, 0.1) is 12.2 Å². The minimum atomic E-state index is 0. The summed E-state index contributed by atoms with van der Waals surface area (Å²) < 4.78 is 0. The molecule has 0 N–H and O–H groups in total. The third-order valence-electron chi connectivity index (χ3n) is 3.03. The largest absolute Gasteiger partial charge is 0.273 e. The Morgan fingerprint density at radius 1 is 1.09 bits per heavy atom. The van der Waals surface area contributed by atoms with Gasteiger partial charge in [-0.2, -0.15) is 17.2 Å². The molecule has 2 aliphatic rings. The van der Waals surface area contributed by atoms with Crippen LogP contribution in [0.1, 0.15) is 52.9 Å². The standard InChI is InChI=1S/C11H17.C5H5.C2H6Si.2ClH.Ti/c1-4-9-7-8-10(5-2)11(9)6-3;1-2-4-5-3-1;1-3-2;;;/h4-7H2,1-3H3;1-3H,4H2;1-2H3;2*1H;/q2*-1;;;;+2. The maximum Gasteiger partial charge on any atom is -0.109 e. The third-order valence-corrected chi connectivity index (χ3v) is 3.03. The van der Waals surface area contributed by atoms with E-state index in [0.29, 0.717) is 0 Å². The molecule has 0 aromatic rings. The smallest absolute Gasteiger partial charge is 0.109 e. The van der Waals surface area contributed by atoms with Crippen molar-refractivity contribution in [3.8, 4) is 0 Å². The molecule has 4 heteroatoms. The van der Waals surface area contributed by atoms with E-state index in [9.17, 15) is 0 Å². The van der Waals surface area contributed by atoms with Crippen LogP contribution in [0.15, 0.2) is 34.9 Å². The van der Waals surface area contributed by atoms with Crippen molar-refractivity contribution in [2.24, 2.45) is 0 Å². The topological polar surface area (TPSA) is 0 Å². The fourth-order valence-corrected chi connectivity index (χ4v) is 2.12. The van der Waals surface area contributed by atoms with E-state index < -0.39 is 0 Å². The zero-order valence-electron chi connectivity index (χ0n) is 14.6. The van der Waals surface area contributed by atoms with Gasteiger partial charge in [-0.3, -0.25) is 12.2 Å². The van der Waals surface area contributed by atoms with Crippen LogP contribution in [-0.4, -0.2) is 6.19 Å². The molecule has 0 saturated carbocycles. The molecule has 0 aromatic carbocycles. The van der Waals surface area contributed by atoms with E-state index in [0.717, 1.165) is 19.3 Å². The monoisotopic (exact) mass is 392 g/mol. The summed E-state index contributed by atoms with van der Waals surface area (Å²) in [7, 11) is 0. The summed E-state index contributed by atoms with van der Waals surface area (Å²) in [5, 5.41) is 0. The van der Waals surface area contributed by atoms with Crippen molar-refractivity contribution >= 4 is 31.0 Å². The van der Waals surface area contributed by atoms with Gasteiger partial charge >= 0.3 is 38.5 Å². The third kappa shape index (κ3) is 13.0. The van der Waals surface area contributed by atoms with Gasteiger partial charge in [-0.1, -0.05) is 40.0 Å². The molecule has 0 heterocycles. The summed E-state index contributed by atoms with van der Waals surface area (Å²) in [5.41, 5.74) is 4.68. The van der Waals surface area contributed by atoms with Crippen molar-refractivity contribution in [3.05, 3.63) is 47.1 Å². The zero-order chi connectivity index (χ0) is 15.4. The van der Waals surface area contributed by atoms with Crippen LogP contribution in [0.5, 0.6) is 0 Å². The number of hydrogen-bond acceptors (Lipinski definition) is 0. The molecule has 0 nitrogen and oxygen atoms in total. The summed E-state index contributed by atoms with van der Waals surface area (Å²) in [5.74, 6) is 0. The fourth-order valence-electron chi connectivity index (χ4n) is 2.12. The van der Waals surface area contributed by atoms with Crippen molar-refractivity contribution in [2.75, 3.05) is 0 Å². The number of hydrogen-bond donors (Lipinski definition) is 0. The quantitative estimate of drug-likeness (QED) is 0.375. The molecule has 0 aromatic heterocycles. The van der Waals surface area contributed by atoms with Crippen molar-refractivity contribution in [3.63, 3.8) is 0 Å².